The zero-order chi connectivity index (χ0) is 41.0. The molecule has 0 atom stereocenters. The van der Waals surface area contributed by atoms with Crippen molar-refractivity contribution in [2.24, 2.45) is 0 Å². The monoisotopic (exact) mass is 791 g/mol. The molecule has 0 unspecified atom stereocenters. The average Bonchev–Trinajstić information content (AvgIpc) is 3.87. The van der Waals surface area contributed by atoms with Gasteiger partial charge in [-0.15, -0.1) is 0 Å². The molecule has 0 radical (unpaired) electrons. The number of hydrogen-bond acceptors (Lipinski definition) is 3. The van der Waals surface area contributed by atoms with Crippen molar-refractivity contribution in [3.05, 3.63) is 224 Å². The molecule has 0 aliphatic rings. The quantitative estimate of drug-likeness (QED) is 0.162. The van der Waals surface area contributed by atoms with E-state index in [1.807, 2.05) is 60.7 Å². The van der Waals surface area contributed by atoms with Crippen LogP contribution in [0, 0.1) is 0 Å². The maximum Gasteiger partial charge on any atom is 0.238 e. The molecule has 0 aliphatic carbocycles. The second-order valence-electron chi connectivity index (χ2n) is 15.7. The molecule has 0 bridgehead atoms. The molecule has 9 aromatic carbocycles. The second kappa shape index (κ2) is 14.7. The minimum Gasteiger partial charge on any atom is -0.309 e. The van der Waals surface area contributed by atoms with Gasteiger partial charge in [-0.05, 0) is 88.0 Å². The molecule has 0 N–H and O–H groups in total. The van der Waals surface area contributed by atoms with Crippen molar-refractivity contribution in [2.75, 3.05) is 0 Å². The van der Waals surface area contributed by atoms with E-state index in [-0.39, 0.29) is 0 Å². The third-order valence-electron chi connectivity index (χ3n) is 12.0. The van der Waals surface area contributed by atoms with E-state index in [1.165, 1.54) is 38.5 Å². The summed E-state index contributed by atoms with van der Waals surface area (Å²) < 4.78 is 4.55. The zero-order valence-corrected chi connectivity index (χ0v) is 33.6. The molecule has 0 saturated heterocycles. The summed E-state index contributed by atoms with van der Waals surface area (Å²) in [5.74, 6) is 1.83. The van der Waals surface area contributed by atoms with Crippen molar-refractivity contribution >= 4 is 43.6 Å². The van der Waals surface area contributed by atoms with Gasteiger partial charge >= 0.3 is 0 Å². The number of rotatable bonds is 7. The number of para-hydroxylation sites is 2. The zero-order valence-electron chi connectivity index (χ0n) is 33.6. The van der Waals surface area contributed by atoms with Crippen LogP contribution in [0.5, 0.6) is 0 Å². The lowest BCUT2D eigenvalue weighted by Crippen LogP contribution is -2.06. The lowest BCUT2D eigenvalue weighted by Gasteiger charge is -2.11. The summed E-state index contributed by atoms with van der Waals surface area (Å²) in [7, 11) is 0. The van der Waals surface area contributed by atoms with Gasteiger partial charge in [-0.2, -0.15) is 9.97 Å². The number of nitrogens with zero attached hydrogens (tertiary/aromatic N) is 5. The van der Waals surface area contributed by atoms with E-state index in [1.54, 1.807) is 0 Å². The first-order chi connectivity index (χ1) is 30.7. The highest BCUT2D eigenvalue weighted by Crippen LogP contribution is 2.39. The topological polar surface area (TPSA) is 48.5 Å². The van der Waals surface area contributed by atoms with Crippen LogP contribution < -0.4 is 0 Å². The van der Waals surface area contributed by atoms with Gasteiger partial charge in [0.15, 0.2) is 11.6 Å². The van der Waals surface area contributed by atoms with Gasteiger partial charge < -0.3 is 4.57 Å². The van der Waals surface area contributed by atoms with Crippen LogP contribution >= 0.6 is 0 Å². The average molecular weight is 792 g/mol. The summed E-state index contributed by atoms with van der Waals surface area (Å²) in [5.41, 5.74) is 14.5. The van der Waals surface area contributed by atoms with E-state index < -0.39 is 0 Å². The van der Waals surface area contributed by atoms with Crippen molar-refractivity contribution in [1.82, 2.24) is 24.1 Å². The predicted octanol–water partition coefficient (Wildman–Crippen LogP) is 14.4. The van der Waals surface area contributed by atoms with E-state index in [9.17, 15) is 0 Å². The van der Waals surface area contributed by atoms with Gasteiger partial charge in [0.25, 0.3) is 0 Å². The summed E-state index contributed by atoms with van der Waals surface area (Å²) in [5, 5.41) is 4.75. The molecule has 0 aliphatic heterocycles. The third kappa shape index (κ3) is 6.06. The Balaban J connectivity index is 0.990. The number of benzene rings is 9. The minimum atomic E-state index is 0.575. The summed E-state index contributed by atoms with van der Waals surface area (Å²) in [6.07, 6.45) is 0. The van der Waals surface area contributed by atoms with Gasteiger partial charge in [0.1, 0.15) is 0 Å². The highest BCUT2D eigenvalue weighted by atomic mass is 15.2. The second-order valence-corrected chi connectivity index (χ2v) is 15.7. The first-order valence-electron chi connectivity index (χ1n) is 20.9. The minimum absolute atomic E-state index is 0.575. The summed E-state index contributed by atoms with van der Waals surface area (Å²) in [4.78, 5) is 15.3. The Morgan fingerprint density at radius 1 is 0.242 bits per heavy atom. The van der Waals surface area contributed by atoms with E-state index >= 15 is 0 Å². The summed E-state index contributed by atoms with van der Waals surface area (Å²) in [6, 6.07) is 79.4. The van der Waals surface area contributed by atoms with Crippen LogP contribution in [0.2, 0.25) is 0 Å². The molecule has 3 heterocycles. The fraction of sp³-hybridized carbons (Fsp3) is 0. The molecule has 12 aromatic rings. The molecule has 62 heavy (non-hydrogen) atoms. The molecule has 5 nitrogen and oxygen atoms in total. The van der Waals surface area contributed by atoms with Gasteiger partial charge in [0.2, 0.25) is 5.95 Å². The lowest BCUT2D eigenvalue weighted by molar-refractivity contribution is 0.953. The van der Waals surface area contributed by atoms with E-state index in [0.29, 0.717) is 17.6 Å². The Morgan fingerprint density at radius 3 is 1.10 bits per heavy atom. The van der Waals surface area contributed by atoms with Crippen LogP contribution in [-0.4, -0.2) is 24.1 Å². The van der Waals surface area contributed by atoms with Crippen molar-refractivity contribution < 1.29 is 0 Å². The van der Waals surface area contributed by atoms with Crippen LogP contribution in [0.3, 0.4) is 0 Å². The van der Waals surface area contributed by atoms with Crippen molar-refractivity contribution in [3.8, 4) is 67.8 Å². The van der Waals surface area contributed by atoms with Crippen molar-refractivity contribution in [3.63, 3.8) is 0 Å². The molecule has 12 rings (SSSR count). The smallest absolute Gasteiger partial charge is 0.238 e. The van der Waals surface area contributed by atoms with Crippen LogP contribution in [0.1, 0.15) is 0 Å². The van der Waals surface area contributed by atoms with Crippen LogP contribution in [0.25, 0.3) is 111 Å². The molecule has 290 valence electrons. The number of fused-ring (bicyclic) bond motifs is 6. The molecule has 5 heteroatoms. The standard InChI is InChI=1S/C57H37N5/c1-5-15-38(16-6-1)43-30-33-53-49(36-43)50-37-45(31-34-54(50)62(53)57-59-55(41-17-7-2-8-18-41)58-56(60-57)42-19-9-3-10-20-42)40-27-25-39(26-28-40)44-29-32-52-48(35-44)47-23-13-14-24-51(47)61(52)46-21-11-4-12-22-46/h1-37H. The Labute approximate surface area is 358 Å². The fourth-order valence-corrected chi connectivity index (χ4v) is 8.99. The molecule has 0 fully saturated rings. The Kier molecular flexibility index (Phi) is 8.42. The number of aromatic nitrogens is 5. The van der Waals surface area contributed by atoms with Crippen LogP contribution in [-0.2, 0) is 0 Å². The van der Waals surface area contributed by atoms with Crippen LogP contribution in [0.4, 0.5) is 0 Å². The van der Waals surface area contributed by atoms with Crippen molar-refractivity contribution in [2.45, 2.75) is 0 Å². The first-order valence-corrected chi connectivity index (χ1v) is 20.9. The first kappa shape index (κ1) is 35.5. The van der Waals surface area contributed by atoms with Crippen molar-refractivity contribution in [1.29, 1.82) is 0 Å². The van der Waals surface area contributed by atoms with E-state index in [4.69, 9.17) is 15.0 Å². The molecular formula is C57H37N5. The molecule has 0 spiro atoms. The highest BCUT2D eigenvalue weighted by molar-refractivity contribution is 6.12. The molecule has 0 amide bonds. The molecular weight excluding hydrogens is 755 g/mol. The van der Waals surface area contributed by atoms with Gasteiger partial charge in [-0.25, -0.2) is 4.98 Å². The Hall–Kier alpha value is -8.41. The Bertz CT molecular complexity index is 3540. The van der Waals surface area contributed by atoms with Crippen LogP contribution in [0.15, 0.2) is 224 Å². The van der Waals surface area contributed by atoms with E-state index in [2.05, 4.69) is 173 Å². The van der Waals surface area contributed by atoms with Gasteiger partial charge in [0.05, 0.1) is 22.1 Å². The Morgan fingerprint density at radius 2 is 0.597 bits per heavy atom. The van der Waals surface area contributed by atoms with Gasteiger partial charge in [0, 0.05) is 38.4 Å². The van der Waals surface area contributed by atoms with Gasteiger partial charge in [-0.3, -0.25) is 4.57 Å². The maximum absolute atomic E-state index is 5.16. The predicted molar refractivity (Wildman–Crippen MR) is 256 cm³/mol. The SMILES string of the molecule is c1ccc(-c2ccc3c(c2)c2cc(-c4ccc(-c5ccc6c(c5)c5ccccc5n6-c5ccccc5)cc4)ccc2n3-c2nc(-c3ccccc3)nc(-c3ccccc3)n2)cc1. The molecule has 0 saturated carbocycles. The van der Waals surface area contributed by atoms with E-state index in [0.717, 1.165) is 55.3 Å². The van der Waals surface area contributed by atoms with Gasteiger partial charge in [-0.1, -0.05) is 170 Å². The third-order valence-corrected chi connectivity index (χ3v) is 12.0. The summed E-state index contributed by atoms with van der Waals surface area (Å²) in [6.45, 7) is 0. The molecule has 3 aromatic heterocycles. The highest BCUT2D eigenvalue weighted by Gasteiger charge is 2.20. The largest absolute Gasteiger partial charge is 0.309 e. The number of hydrogen-bond donors (Lipinski definition) is 0. The fourth-order valence-electron chi connectivity index (χ4n) is 8.99. The summed E-state index contributed by atoms with van der Waals surface area (Å²) >= 11 is 0. The normalized spacial score (nSPS) is 11.5. The lowest BCUT2D eigenvalue weighted by atomic mass is 9.97. The maximum atomic E-state index is 5.16.